The number of hydrogen-bond donors (Lipinski definition) is 2. The van der Waals surface area contributed by atoms with Crippen LogP contribution in [-0.4, -0.2) is 21.8 Å². The van der Waals surface area contributed by atoms with Gasteiger partial charge in [-0.2, -0.15) is 0 Å². The lowest BCUT2D eigenvalue weighted by atomic mass is 9.96. The SMILES string of the molecule is O=C(O)[C@]1(O)C=CC=CC1. The van der Waals surface area contributed by atoms with Gasteiger partial charge in [-0.25, -0.2) is 4.79 Å². The Morgan fingerprint density at radius 2 is 2.20 bits per heavy atom. The summed E-state index contributed by atoms with van der Waals surface area (Å²) in [6.07, 6.45) is 6.28. The van der Waals surface area contributed by atoms with Gasteiger partial charge in [0, 0.05) is 6.42 Å². The van der Waals surface area contributed by atoms with Crippen LogP contribution in [-0.2, 0) is 4.79 Å². The predicted octanol–water partition coefficient (Wildman–Crippen LogP) is 0.318. The van der Waals surface area contributed by atoms with Crippen molar-refractivity contribution in [2.75, 3.05) is 0 Å². The van der Waals surface area contributed by atoms with Crippen molar-refractivity contribution in [3.63, 3.8) is 0 Å². The molecule has 3 nitrogen and oxygen atoms in total. The topological polar surface area (TPSA) is 57.5 Å². The number of carboxylic acid groups (broad SMARTS) is 1. The molecule has 54 valence electrons. The summed E-state index contributed by atoms with van der Waals surface area (Å²) in [7, 11) is 0. The average Bonchev–Trinajstić information content (AvgIpc) is 1.89. The van der Waals surface area contributed by atoms with Crippen LogP contribution in [0.1, 0.15) is 6.42 Å². The van der Waals surface area contributed by atoms with E-state index in [0.717, 1.165) is 0 Å². The maximum Gasteiger partial charge on any atom is 0.340 e. The van der Waals surface area contributed by atoms with Crippen molar-refractivity contribution in [2.45, 2.75) is 12.0 Å². The Morgan fingerprint density at radius 1 is 1.50 bits per heavy atom. The van der Waals surface area contributed by atoms with E-state index in [4.69, 9.17) is 5.11 Å². The lowest BCUT2D eigenvalue weighted by Crippen LogP contribution is -2.36. The van der Waals surface area contributed by atoms with Gasteiger partial charge in [0.15, 0.2) is 5.60 Å². The lowest BCUT2D eigenvalue weighted by molar-refractivity contribution is -0.153. The fourth-order valence-electron chi connectivity index (χ4n) is 0.768. The van der Waals surface area contributed by atoms with Crippen molar-refractivity contribution in [1.82, 2.24) is 0 Å². The monoisotopic (exact) mass is 140 g/mol. The zero-order valence-electron chi connectivity index (χ0n) is 5.32. The second kappa shape index (κ2) is 2.27. The van der Waals surface area contributed by atoms with Crippen molar-refractivity contribution in [1.29, 1.82) is 0 Å². The van der Waals surface area contributed by atoms with Gasteiger partial charge in [0.2, 0.25) is 0 Å². The van der Waals surface area contributed by atoms with Crippen LogP contribution in [0.4, 0.5) is 0 Å². The molecule has 10 heavy (non-hydrogen) atoms. The number of aliphatic carboxylic acids is 1. The summed E-state index contributed by atoms with van der Waals surface area (Å²) < 4.78 is 0. The van der Waals surface area contributed by atoms with E-state index in [-0.39, 0.29) is 6.42 Å². The predicted molar refractivity (Wildman–Crippen MR) is 35.5 cm³/mol. The quantitative estimate of drug-likeness (QED) is 0.551. The molecule has 1 rings (SSSR count). The van der Waals surface area contributed by atoms with E-state index in [1.807, 2.05) is 0 Å². The molecule has 0 aromatic carbocycles. The molecule has 0 saturated carbocycles. The van der Waals surface area contributed by atoms with Crippen LogP contribution in [0, 0.1) is 0 Å². The van der Waals surface area contributed by atoms with Crippen LogP contribution < -0.4 is 0 Å². The maximum atomic E-state index is 10.3. The lowest BCUT2D eigenvalue weighted by Gasteiger charge is -2.18. The van der Waals surface area contributed by atoms with Crippen molar-refractivity contribution < 1.29 is 15.0 Å². The third-order valence-electron chi connectivity index (χ3n) is 1.42. The molecule has 0 fully saturated rings. The van der Waals surface area contributed by atoms with E-state index in [1.54, 1.807) is 12.2 Å². The Balaban J connectivity index is 2.80. The van der Waals surface area contributed by atoms with Crippen LogP contribution in [0.25, 0.3) is 0 Å². The zero-order valence-corrected chi connectivity index (χ0v) is 5.32. The Bertz CT molecular complexity index is 205. The zero-order chi connectivity index (χ0) is 7.61. The minimum Gasteiger partial charge on any atom is -0.479 e. The van der Waals surface area contributed by atoms with Crippen molar-refractivity contribution in [2.24, 2.45) is 0 Å². The summed E-state index contributed by atoms with van der Waals surface area (Å²) in [5.41, 5.74) is -1.67. The first kappa shape index (κ1) is 7.02. The van der Waals surface area contributed by atoms with Gasteiger partial charge >= 0.3 is 5.97 Å². The van der Waals surface area contributed by atoms with Crippen LogP contribution in [0.2, 0.25) is 0 Å². The molecule has 0 radical (unpaired) electrons. The molecule has 2 N–H and O–H groups in total. The van der Waals surface area contributed by atoms with E-state index < -0.39 is 11.6 Å². The van der Waals surface area contributed by atoms with Crippen molar-refractivity contribution in [3.8, 4) is 0 Å². The van der Waals surface area contributed by atoms with Crippen molar-refractivity contribution in [3.05, 3.63) is 24.3 Å². The minimum atomic E-state index is -1.67. The Hall–Kier alpha value is -1.09. The molecule has 0 aromatic heterocycles. The average molecular weight is 140 g/mol. The normalized spacial score (nSPS) is 30.5. The summed E-state index contributed by atoms with van der Waals surface area (Å²) >= 11 is 0. The number of carbonyl (C=O) groups is 1. The third kappa shape index (κ3) is 1.09. The van der Waals surface area contributed by atoms with E-state index in [9.17, 15) is 9.90 Å². The highest BCUT2D eigenvalue weighted by molar-refractivity contribution is 5.80. The highest BCUT2D eigenvalue weighted by Crippen LogP contribution is 2.16. The van der Waals surface area contributed by atoms with Crippen LogP contribution >= 0.6 is 0 Å². The van der Waals surface area contributed by atoms with Gasteiger partial charge in [0.05, 0.1) is 0 Å². The molecular weight excluding hydrogens is 132 g/mol. The molecule has 0 heterocycles. The fourth-order valence-corrected chi connectivity index (χ4v) is 0.768. The van der Waals surface area contributed by atoms with Gasteiger partial charge < -0.3 is 10.2 Å². The van der Waals surface area contributed by atoms with Crippen LogP contribution in [0.5, 0.6) is 0 Å². The molecular formula is C7H8O3. The second-order valence-electron chi connectivity index (χ2n) is 2.22. The van der Waals surface area contributed by atoms with Gasteiger partial charge in [0.1, 0.15) is 0 Å². The van der Waals surface area contributed by atoms with Gasteiger partial charge in [0.25, 0.3) is 0 Å². The molecule has 0 spiro atoms. The first-order chi connectivity index (χ1) is 4.65. The molecule has 0 bridgehead atoms. The second-order valence-corrected chi connectivity index (χ2v) is 2.22. The fraction of sp³-hybridized carbons (Fsp3) is 0.286. The summed E-state index contributed by atoms with van der Waals surface area (Å²) in [5.74, 6) is -1.20. The summed E-state index contributed by atoms with van der Waals surface area (Å²) in [6, 6.07) is 0. The minimum absolute atomic E-state index is 0.152. The number of allylic oxidation sites excluding steroid dienone is 2. The van der Waals surface area contributed by atoms with E-state index in [1.165, 1.54) is 12.2 Å². The molecule has 3 heteroatoms. The van der Waals surface area contributed by atoms with Gasteiger partial charge in [-0.1, -0.05) is 18.2 Å². The highest BCUT2D eigenvalue weighted by Gasteiger charge is 2.32. The molecule has 0 amide bonds. The largest absolute Gasteiger partial charge is 0.479 e. The summed E-state index contributed by atoms with van der Waals surface area (Å²) in [4.78, 5) is 10.3. The maximum absolute atomic E-state index is 10.3. The molecule has 1 aliphatic carbocycles. The standard InChI is InChI=1S/C7H8O3/c8-6(9)7(10)4-2-1-3-5-7/h1-4,10H,5H2,(H,8,9)/t7-/m0/s1. The first-order valence-electron chi connectivity index (χ1n) is 2.95. The van der Waals surface area contributed by atoms with Gasteiger partial charge in [-0.3, -0.25) is 0 Å². The Labute approximate surface area is 58.3 Å². The molecule has 1 aliphatic rings. The number of hydrogen-bond acceptors (Lipinski definition) is 2. The molecule has 0 saturated heterocycles. The van der Waals surface area contributed by atoms with E-state index in [2.05, 4.69) is 0 Å². The number of rotatable bonds is 1. The highest BCUT2D eigenvalue weighted by atomic mass is 16.4. The summed E-state index contributed by atoms with van der Waals surface area (Å²) in [6.45, 7) is 0. The summed E-state index contributed by atoms with van der Waals surface area (Å²) in [5, 5.41) is 17.7. The molecule has 0 aliphatic heterocycles. The van der Waals surface area contributed by atoms with Crippen LogP contribution in [0.3, 0.4) is 0 Å². The van der Waals surface area contributed by atoms with Gasteiger partial charge in [-0.15, -0.1) is 0 Å². The number of aliphatic hydroxyl groups is 1. The molecule has 1 atom stereocenters. The molecule has 0 aromatic rings. The van der Waals surface area contributed by atoms with Gasteiger partial charge in [-0.05, 0) is 6.08 Å². The smallest absolute Gasteiger partial charge is 0.340 e. The van der Waals surface area contributed by atoms with Crippen LogP contribution in [0.15, 0.2) is 24.3 Å². The Kier molecular flexibility index (Phi) is 1.59. The first-order valence-corrected chi connectivity index (χ1v) is 2.95. The third-order valence-corrected chi connectivity index (χ3v) is 1.42. The van der Waals surface area contributed by atoms with E-state index >= 15 is 0 Å². The Morgan fingerprint density at radius 3 is 2.50 bits per heavy atom. The number of carboxylic acids is 1. The molecule has 0 unspecified atom stereocenters. The van der Waals surface area contributed by atoms with E-state index in [0.29, 0.717) is 0 Å². The van der Waals surface area contributed by atoms with Crippen molar-refractivity contribution >= 4 is 5.97 Å².